The van der Waals surface area contributed by atoms with Gasteiger partial charge in [-0.05, 0) is 30.7 Å². The zero-order valence-electron chi connectivity index (χ0n) is 11.9. The van der Waals surface area contributed by atoms with Crippen molar-refractivity contribution < 1.29 is 19.5 Å². The summed E-state index contributed by atoms with van der Waals surface area (Å²) in [6.07, 6.45) is 0.552. The van der Waals surface area contributed by atoms with Crippen LogP contribution in [0, 0.1) is 5.92 Å². The van der Waals surface area contributed by atoms with Gasteiger partial charge in [0, 0.05) is 36.6 Å². The summed E-state index contributed by atoms with van der Waals surface area (Å²) in [5.41, 5.74) is 0.718. The van der Waals surface area contributed by atoms with Crippen molar-refractivity contribution in [2.75, 3.05) is 18.0 Å². The molecule has 1 aliphatic heterocycles. The summed E-state index contributed by atoms with van der Waals surface area (Å²) in [5, 5.41) is 11.8. The van der Waals surface area contributed by atoms with Gasteiger partial charge >= 0.3 is 5.97 Å². The monoisotopic (exact) mass is 324 g/mol. The fourth-order valence-electron chi connectivity index (χ4n) is 2.35. The Morgan fingerprint density at radius 2 is 2.00 bits per heavy atom. The first-order chi connectivity index (χ1) is 10.5. The maximum atomic E-state index is 12.0. The van der Waals surface area contributed by atoms with Crippen molar-refractivity contribution >= 4 is 35.1 Å². The van der Waals surface area contributed by atoms with Crippen molar-refractivity contribution in [1.82, 2.24) is 5.32 Å². The minimum atomic E-state index is -0.890. The third-order valence-electron chi connectivity index (χ3n) is 3.50. The molecule has 2 rings (SSSR count). The van der Waals surface area contributed by atoms with Crippen LogP contribution in [0.2, 0.25) is 5.02 Å². The van der Waals surface area contributed by atoms with Crippen molar-refractivity contribution in [3.05, 3.63) is 29.3 Å². The number of anilines is 1. The fourth-order valence-corrected chi connectivity index (χ4v) is 2.48. The van der Waals surface area contributed by atoms with E-state index in [0.717, 1.165) is 5.69 Å². The van der Waals surface area contributed by atoms with Crippen LogP contribution in [0.5, 0.6) is 0 Å². The minimum Gasteiger partial charge on any atom is -0.481 e. The molecule has 0 saturated carbocycles. The molecule has 1 aromatic rings. The van der Waals surface area contributed by atoms with Gasteiger partial charge in [-0.3, -0.25) is 14.4 Å². The lowest BCUT2D eigenvalue weighted by Gasteiger charge is -2.16. The van der Waals surface area contributed by atoms with E-state index in [0.29, 0.717) is 24.5 Å². The highest BCUT2D eigenvalue weighted by Crippen LogP contribution is 2.26. The molecule has 118 valence electrons. The lowest BCUT2D eigenvalue weighted by molar-refractivity contribution is -0.137. The molecule has 1 fully saturated rings. The van der Waals surface area contributed by atoms with E-state index in [1.54, 1.807) is 29.2 Å². The molecule has 1 aromatic carbocycles. The third-order valence-corrected chi connectivity index (χ3v) is 3.75. The number of nitrogens with one attached hydrogen (secondary N) is 1. The van der Waals surface area contributed by atoms with Gasteiger partial charge in [0.1, 0.15) is 0 Å². The Bertz CT molecular complexity index is 573. The molecule has 2 N–H and O–H groups in total. The summed E-state index contributed by atoms with van der Waals surface area (Å²) in [6.45, 7) is 0.627. The summed E-state index contributed by atoms with van der Waals surface area (Å²) in [7, 11) is 0. The first-order valence-electron chi connectivity index (χ1n) is 7.03. The van der Waals surface area contributed by atoms with Gasteiger partial charge in [-0.25, -0.2) is 0 Å². The molecule has 6 nitrogen and oxygen atoms in total. The topological polar surface area (TPSA) is 86.7 Å². The largest absolute Gasteiger partial charge is 0.481 e. The smallest absolute Gasteiger partial charge is 0.303 e. The van der Waals surface area contributed by atoms with E-state index >= 15 is 0 Å². The summed E-state index contributed by atoms with van der Waals surface area (Å²) in [6, 6.07) is 6.88. The molecular weight excluding hydrogens is 308 g/mol. The van der Waals surface area contributed by atoms with E-state index in [1.807, 2.05) is 0 Å². The summed E-state index contributed by atoms with van der Waals surface area (Å²) in [4.78, 5) is 36.0. The van der Waals surface area contributed by atoms with Crippen molar-refractivity contribution in [1.29, 1.82) is 0 Å². The van der Waals surface area contributed by atoms with E-state index in [2.05, 4.69) is 5.32 Å². The Kier molecular flexibility index (Phi) is 5.38. The number of nitrogens with zero attached hydrogens (tertiary/aromatic N) is 1. The van der Waals surface area contributed by atoms with Crippen LogP contribution in [0.15, 0.2) is 24.3 Å². The molecule has 7 heteroatoms. The second kappa shape index (κ2) is 7.26. The second-order valence-electron chi connectivity index (χ2n) is 5.17. The number of hydrogen-bond acceptors (Lipinski definition) is 3. The molecular formula is C15H17ClN2O4. The maximum Gasteiger partial charge on any atom is 0.303 e. The first-order valence-corrected chi connectivity index (χ1v) is 7.40. The lowest BCUT2D eigenvalue weighted by atomic mass is 10.1. The average Bonchev–Trinajstić information content (AvgIpc) is 2.86. The van der Waals surface area contributed by atoms with Gasteiger partial charge < -0.3 is 15.3 Å². The number of carbonyl (C=O) groups excluding carboxylic acids is 2. The number of carbonyl (C=O) groups is 3. The summed E-state index contributed by atoms with van der Waals surface area (Å²) < 4.78 is 0. The SMILES string of the molecule is O=C(O)CCCNC(=O)[C@H]1CC(=O)N(c2ccc(Cl)cc2)C1. The first kappa shape index (κ1) is 16.3. The predicted octanol–water partition coefficient (Wildman–Crippen LogP) is 1.67. The molecule has 1 heterocycles. The van der Waals surface area contributed by atoms with Gasteiger partial charge in [0.25, 0.3) is 0 Å². The minimum absolute atomic E-state index is 0.0147. The van der Waals surface area contributed by atoms with E-state index in [4.69, 9.17) is 16.7 Å². The zero-order valence-corrected chi connectivity index (χ0v) is 12.7. The molecule has 0 bridgehead atoms. The number of carboxylic acid groups (broad SMARTS) is 1. The average molecular weight is 325 g/mol. The molecule has 1 aliphatic rings. The lowest BCUT2D eigenvalue weighted by Crippen LogP contribution is -2.33. The van der Waals surface area contributed by atoms with Crippen LogP contribution in [0.4, 0.5) is 5.69 Å². The van der Waals surface area contributed by atoms with Crippen LogP contribution in [-0.2, 0) is 14.4 Å². The quantitative estimate of drug-likeness (QED) is 0.779. The molecule has 1 saturated heterocycles. The van der Waals surface area contributed by atoms with Crippen LogP contribution in [0.1, 0.15) is 19.3 Å². The van der Waals surface area contributed by atoms with Crippen LogP contribution in [-0.4, -0.2) is 36.0 Å². The maximum absolute atomic E-state index is 12.0. The number of aliphatic carboxylic acids is 1. The number of halogens is 1. The Morgan fingerprint density at radius 1 is 1.32 bits per heavy atom. The van der Waals surface area contributed by atoms with E-state index in [-0.39, 0.29) is 24.7 Å². The van der Waals surface area contributed by atoms with Gasteiger partial charge in [-0.15, -0.1) is 0 Å². The van der Waals surface area contributed by atoms with Crippen LogP contribution < -0.4 is 10.2 Å². The summed E-state index contributed by atoms with van der Waals surface area (Å²) in [5.74, 6) is -1.62. The van der Waals surface area contributed by atoms with Gasteiger partial charge in [-0.1, -0.05) is 11.6 Å². The Morgan fingerprint density at radius 3 is 2.64 bits per heavy atom. The van der Waals surface area contributed by atoms with E-state index in [9.17, 15) is 14.4 Å². The zero-order chi connectivity index (χ0) is 16.1. The van der Waals surface area contributed by atoms with Gasteiger partial charge in [0.2, 0.25) is 11.8 Å². The van der Waals surface area contributed by atoms with Gasteiger partial charge in [0.15, 0.2) is 0 Å². The van der Waals surface area contributed by atoms with Crippen LogP contribution >= 0.6 is 11.6 Å². The molecule has 22 heavy (non-hydrogen) atoms. The highest BCUT2D eigenvalue weighted by atomic mass is 35.5. The fraction of sp³-hybridized carbons (Fsp3) is 0.400. The third kappa shape index (κ3) is 4.21. The number of carboxylic acids is 1. The summed E-state index contributed by atoms with van der Waals surface area (Å²) >= 11 is 5.82. The van der Waals surface area contributed by atoms with Crippen LogP contribution in [0.25, 0.3) is 0 Å². The number of hydrogen-bond donors (Lipinski definition) is 2. The number of benzene rings is 1. The van der Waals surface area contributed by atoms with Crippen molar-refractivity contribution in [3.8, 4) is 0 Å². The Hall–Kier alpha value is -2.08. The highest BCUT2D eigenvalue weighted by Gasteiger charge is 2.34. The van der Waals surface area contributed by atoms with Gasteiger partial charge in [-0.2, -0.15) is 0 Å². The van der Waals surface area contributed by atoms with Crippen molar-refractivity contribution in [3.63, 3.8) is 0 Å². The number of amides is 2. The molecule has 0 radical (unpaired) electrons. The van der Waals surface area contributed by atoms with Crippen LogP contribution in [0.3, 0.4) is 0 Å². The molecule has 1 atom stereocenters. The second-order valence-corrected chi connectivity index (χ2v) is 5.61. The Balaban J connectivity index is 1.87. The predicted molar refractivity (Wildman–Crippen MR) is 81.8 cm³/mol. The van der Waals surface area contributed by atoms with E-state index in [1.165, 1.54) is 0 Å². The van der Waals surface area contributed by atoms with Gasteiger partial charge in [0.05, 0.1) is 5.92 Å². The standard InChI is InChI=1S/C15H17ClN2O4/c16-11-3-5-12(6-4-11)18-9-10(8-13(18)19)15(22)17-7-1-2-14(20)21/h3-6,10H,1-2,7-9H2,(H,17,22)(H,20,21)/t10-/m0/s1. The molecule has 0 aromatic heterocycles. The van der Waals surface area contributed by atoms with E-state index < -0.39 is 11.9 Å². The number of rotatable bonds is 6. The van der Waals surface area contributed by atoms with Crippen molar-refractivity contribution in [2.45, 2.75) is 19.3 Å². The molecule has 2 amide bonds. The molecule has 0 aliphatic carbocycles. The normalized spacial score (nSPS) is 17.6. The van der Waals surface area contributed by atoms with Crippen molar-refractivity contribution in [2.24, 2.45) is 5.92 Å². The molecule has 0 spiro atoms. The molecule has 0 unspecified atom stereocenters. The highest BCUT2D eigenvalue weighted by molar-refractivity contribution is 6.30. The Labute approximate surface area is 133 Å².